The monoisotopic (exact) mass is 460 g/mol. The highest BCUT2D eigenvalue weighted by atomic mass is 19.4. The van der Waals surface area contributed by atoms with Gasteiger partial charge >= 0.3 is 12.1 Å². The molecule has 174 valence electrons. The Morgan fingerprint density at radius 1 is 1.24 bits per heavy atom. The van der Waals surface area contributed by atoms with Crippen LogP contribution in [0.25, 0.3) is 11.5 Å². The lowest BCUT2D eigenvalue weighted by Crippen LogP contribution is -2.51. The molecule has 1 fully saturated rings. The molecule has 3 aromatic rings. The van der Waals surface area contributed by atoms with Gasteiger partial charge in [-0.3, -0.25) is 9.69 Å². The maximum Gasteiger partial charge on any atom is 0.416 e. The van der Waals surface area contributed by atoms with E-state index in [0.29, 0.717) is 48.8 Å². The largest absolute Gasteiger partial charge is 0.493 e. The van der Waals surface area contributed by atoms with Gasteiger partial charge in [0.1, 0.15) is 17.6 Å². The van der Waals surface area contributed by atoms with Crippen molar-refractivity contribution in [1.82, 2.24) is 9.88 Å². The number of aliphatic carboxylic acids is 1. The van der Waals surface area contributed by atoms with E-state index in [4.69, 9.17) is 9.15 Å². The van der Waals surface area contributed by atoms with Gasteiger partial charge < -0.3 is 14.3 Å². The summed E-state index contributed by atoms with van der Waals surface area (Å²) >= 11 is 0. The molecule has 1 aliphatic heterocycles. The molecule has 1 aliphatic rings. The topological polar surface area (TPSA) is 75.8 Å². The molecule has 0 radical (unpaired) electrons. The molecule has 9 heteroatoms. The molecule has 1 unspecified atom stereocenters. The van der Waals surface area contributed by atoms with Crippen molar-refractivity contribution >= 4 is 5.97 Å². The van der Waals surface area contributed by atoms with E-state index in [1.807, 2.05) is 29.2 Å². The molecule has 0 aliphatic carbocycles. The van der Waals surface area contributed by atoms with Crippen LogP contribution >= 0.6 is 0 Å². The number of nitrogens with zero attached hydrogens (tertiary/aromatic N) is 2. The summed E-state index contributed by atoms with van der Waals surface area (Å²) in [7, 11) is 0. The Kier molecular flexibility index (Phi) is 6.42. The molecule has 0 saturated carbocycles. The van der Waals surface area contributed by atoms with Gasteiger partial charge in [-0.15, -0.1) is 0 Å². The van der Waals surface area contributed by atoms with Crippen LogP contribution in [-0.4, -0.2) is 40.2 Å². The van der Waals surface area contributed by atoms with E-state index in [-0.39, 0.29) is 5.89 Å². The number of likely N-dealkylation sites (tertiary alicyclic amines) is 1. The first-order valence-corrected chi connectivity index (χ1v) is 10.5. The second-order valence-corrected chi connectivity index (χ2v) is 7.96. The van der Waals surface area contributed by atoms with E-state index in [0.717, 1.165) is 24.2 Å². The van der Waals surface area contributed by atoms with Gasteiger partial charge in [0, 0.05) is 25.1 Å². The average Bonchev–Trinajstić information content (AvgIpc) is 3.11. The van der Waals surface area contributed by atoms with Crippen molar-refractivity contribution in [3.63, 3.8) is 0 Å². The third-order valence-electron chi connectivity index (χ3n) is 5.66. The summed E-state index contributed by atoms with van der Waals surface area (Å²) in [4.78, 5) is 17.5. The number of hydrogen-bond donors (Lipinski definition) is 1. The number of halogens is 3. The number of benzene rings is 2. The fourth-order valence-corrected chi connectivity index (χ4v) is 3.73. The van der Waals surface area contributed by atoms with Crippen LogP contribution in [0.1, 0.15) is 29.0 Å². The highest BCUT2D eigenvalue weighted by molar-refractivity contribution is 5.74. The molecule has 1 aromatic heterocycles. The Balaban J connectivity index is 1.34. The molecule has 0 spiro atoms. The van der Waals surface area contributed by atoms with Gasteiger partial charge in [0.25, 0.3) is 0 Å². The van der Waals surface area contributed by atoms with Crippen molar-refractivity contribution in [1.29, 1.82) is 0 Å². The molecule has 6 nitrogen and oxygen atoms in total. The Morgan fingerprint density at radius 2 is 2.00 bits per heavy atom. The standard InChI is InChI=1S/C24H23F3N2O4/c1-15-20(28-22(33-15)17-5-7-18(8-6-17)24(25,26)27)10-12-32-19-4-2-3-16(13-19)14-29-11-9-21(29)23(30)31/h2-8,13,21H,9-12,14H2,1H3,(H,30,31). The molecular formula is C24H23F3N2O4. The molecule has 1 saturated heterocycles. The lowest BCUT2D eigenvalue weighted by Gasteiger charge is -2.37. The number of carboxylic acid groups (broad SMARTS) is 1. The molecule has 0 amide bonds. The van der Waals surface area contributed by atoms with Crippen LogP contribution in [0.4, 0.5) is 13.2 Å². The Morgan fingerprint density at radius 3 is 2.64 bits per heavy atom. The van der Waals surface area contributed by atoms with Gasteiger partial charge in [0.15, 0.2) is 0 Å². The summed E-state index contributed by atoms with van der Waals surface area (Å²) in [6.45, 7) is 3.40. The van der Waals surface area contributed by atoms with Gasteiger partial charge in [-0.05, 0) is 55.3 Å². The normalized spacial score (nSPS) is 16.4. The third-order valence-corrected chi connectivity index (χ3v) is 5.66. The minimum atomic E-state index is -4.39. The van der Waals surface area contributed by atoms with Crippen LogP contribution in [0.3, 0.4) is 0 Å². The van der Waals surface area contributed by atoms with Crippen LogP contribution in [0.5, 0.6) is 5.75 Å². The second-order valence-electron chi connectivity index (χ2n) is 7.96. The average molecular weight is 460 g/mol. The van der Waals surface area contributed by atoms with Crippen molar-refractivity contribution in [3.8, 4) is 17.2 Å². The van der Waals surface area contributed by atoms with E-state index in [2.05, 4.69) is 4.98 Å². The second kappa shape index (κ2) is 9.27. The molecule has 2 aromatic carbocycles. The molecule has 1 N–H and O–H groups in total. The minimum absolute atomic E-state index is 0.265. The van der Waals surface area contributed by atoms with E-state index in [1.54, 1.807) is 6.92 Å². The summed E-state index contributed by atoms with van der Waals surface area (Å²) in [5.74, 6) is 0.719. The number of alkyl halides is 3. The number of aryl methyl sites for hydroxylation is 1. The lowest BCUT2D eigenvalue weighted by atomic mass is 10.0. The highest BCUT2D eigenvalue weighted by Crippen LogP contribution is 2.31. The van der Waals surface area contributed by atoms with Crippen molar-refractivity contribution in [3.05, 3.63) is 71.1 Å². The van der Waals surface area contributed by atoms with Crippen molar-refractivity contribution in [2.24, 2.45) is 0 Å². The first-order valence-electron chi connectivity index (χ1n) is 10.5. The zero-order chi connectivity index (χ0) is 23.6. The van der Waals surface area contributed by atoms with Crippen LogP contribution in [-0.2, 0) is 23.9 Å². The van der Waals surface area contributed by atoms with Crippen molar-refractivity contribution in [2.75, 3.05) is 13.2 Å². The van der Waals surface area contributed by atoms with Gasteiger partial charge in [0.2, 0.25) is 5.89 Å². The minimum Gasteiger partial charge on any atom is -0.493 e. The number of hydrogen-bond acceptors (Lipinski definition) is 5. The third kappa shape index (κ3) is 5.36. The number of ether oxygens (including phenoxy) is 1. The highest BCUT2D eigenvalue weighted by Gasteiger charge is 2.33. The van der Waals surface area contributed by atoms with Gasteiger partial charge in [-0.25, -0.2) is 4.98 Å². The number of carboxylic acids is 1. The van der Waals surface area contributed by atoms with Crippen LogP contribution in [0.2, 0.25) is 0 Å². The Hall–Kier alpha value is -3.33. The molecule has 0 bridgehead atoms. The number of carbonyl (C=O) groups is 1. The van der Waals surface area contributed by atoms with E-state index in [1.165, 1.54) is 12.1 Å². The van der Waals surface area contributed by atoms with Crippen LogP contribution < -0.4 is 4.74 Å². The predicted octanol–water partition coefficient (Wildman–Crippen LogP) is 4.95. The first kappa shape index (κ1) is 22.8. The van der Waals surface area contributed by atoms with Crippen molar-refractivity contribution in [2.45, 2.75) is 38.5 Å². The van der Waals surface area contributed by atoms with Crippen LogP contribution in [0.15, 0.2) is 52.9 Å². The maximum absolute atomic E-state index is 12.7. The fourth-order valence-electron chi connectivity index (χ4n) is 3.73. The summed E-state index contributed by atoms with van der Waals surface area (Å²) in [6, 6.07) is 11.8. The number of aromatic nitrogens is 1. The lowest BCUT2D eigenvalue weighted by molar-refractivity contribution is -0.148. The molecule has 33 heavy (non-hydrogen) atoms. The van der Waals surface area contributed by atoms with E-state index in [9.17, 15) is 23.1 Å². The van der Waals surface area contributed by atoms with E-state index >= 15 is 0 Å². The summed E-state index contributed by atoms with van der Waals surface area (Å²) in [5, 5.41) is 9.18. The molecule has 1 atom stereocenters. The zero-order valence-electron chi connectivity index (χ0n) is 17.9. The van der Waals surface area contributed by atoms with Crippen LogP contribution in [0, 0.1) is 6.92 Å². The first-order chi connectivity index (χ1) is 15.7. The number of rotatable bonds is 8. The fraction of sp³-hybridized carbons (Fsp3) is 0.333. The summed E-state index contributed by atoms with van der Waals surface area (Å²) < 4.78 is 49.7. The van der Waals surface area contributed by atoms with Gasteiger partial charge in [0.05, 0.1) is 17.9 Å². The molecular weight excluding hydrogens is 437 g/mol. The zero-order valence-corrected chi connectivity index (χ0v) is 17.9. The maximum atomic E-state index is 12.7. The Bertz CT molecular complexity index is 1130. The van der Waals surface area contributed by atoms with E-state index < -0.39 is 23.8 Å². The Labute approximate surface area is 188 Å². The quantitative estimate of drug-likeness (QED) is 0.513. The summed E-state index contributed by atoms with van der Waals surface area (Å²) in [5.41, 5.74) is 1.39. The number of oxazole rings is 1. The molecule has 2 heterocycles. The summed E-state index contributed by atoms with van der Waals surface area (Å²) in [6.07, 6.45) is -3.26. The SMILES string of the molecule is Cc1oc(-c2ccc(C(F)(F)F)cc2)nc1CCOc1cccc(CN2CCC2C(=O)O)c1. The van der Waals surface area contributed by atoms with Gasteiger partial charge in [-0.1, -0.05) is 12.1 Å². The smallest absolute Gasteiger partial charge is 0.416 e. The molecule has 4 rings (SSSR count). The predicted molar refractivity (Wildman–Crippen MR) is 114 cm³/mol. The van der Waals surface area contributed by atoms with Crippen molar-refractivity contribution < 1.29 is 32.2 Å². The van der Waals surface area contributed by atoms with Gasteiger partial charge in [-0.2, -0.15) is 13.2 Å².